The Bertz CT molecular complexity index is 1210. The number of halogens is 1. The van der Waals surface area contributed by atoms with Crippen LogP contribution in [0.3, 0.4) is 0 Å². The van der Waals surface area contributed by atoms with Gasteiger partial charge in [-0.2, -0.15) is 0 Å². The van der Waals surface area contributed by atoms with Gasteiger partial charge in [0.15, 0.2) is 0 Å². The molecular weight excluding hydrogens is 474 g/mol. The van der Waals surface area contributed by atoms with E-state index in [0.717, 1.165) is 0 Å². The van der Waals surface area contributed by atoms with Crippen molar-refractivity contribution in [1.82, 2.24) is 14.5 Å². The predicted molar refractivity (Wildman–Crippen MR) is 132 cm³/mol. The van der Waals surface area contributed by atoms with Gasteiger partial charge in [0.2, 0.25) is 15.0 Å². The van der Waals surface area contributed by atoms with Gasteiger partial charge in [0.25, 0.3) is 5.91 Å². The molecule has 34 heavy (non-hydrogen) atoms. The van der Waals surface area contributed by atoms with Gasteiger partial charge in [-0.05, 0) is 35.7 Å². The fourth-order valence-corrected chi connectivity index (χ4v) is 5.35. The first-order valence-corrected chi connectivity index (χ1v) is 13.1. The molecule has 0 aliphatic rings. The number of carbonyl (C=O) groups is 1. The van der Waals surface area contributed by atoms with E-state index in [4.69, 9.17) is 16.3 Å². The summed E-state index contributed by atoms with van der Waals surface area (Å²) in [5, 5.41) is 0.474. The van der Waals surface area contributed by atoms with Crippen LogP contribution in [-0.4, -0.2) is 49.0 Å². The fraction of sp³-hybridized carbons (Fsp3) is 0.360. The lowest BCUT2D eigenvalue weighted by molar-refractivity contribution is 0.0675. The quantitative estimate of drug-likeness (QED) is 0.386. The molecule has 2 aromatic carbocycles. The van der Waals surface area contributed by atoms with Crippen molar-refractivity contribution in [3.63, 3.8) is 0 Å². The molecule has 0 spiro atoms. The smallest absolute Gasteiger partial charge is 0.254 e. The average Bonchev–Trinajstić information content (AvgIpc) is 3.18. The molecule has 3 aromatic rings. The minimum absolute atomic E-state index is 0.00460. The first-order chi connectivity index (χ1) is 16.2. The summed E-state index contributed by atoms with van der Waals surface area (Å²) in [7, 11) is -2.17. The van der Waals surface area contributed by atoms with E-state index in [0.29, 0.717) is 41.5 Å². The molecule has 0 aliphatic carbocycles. The Morgan fingerprint density at radius 1 is 1.15 bits per heavy atom. The SMILES string of the molecule is COCCN(Cc1cnc(S(=O)(=O)Cc2cccc(Cl)c2)n1CC(C)C)C(=O)c1ccccc1. The van der Waals surface area contributed by atoms with Crippen LogP contribution < -0.4 is 0 Å². The van der Waals surface area contributed by atoms with Crippen molar-refractivity contribution in [2.24, 2.45) is 5.92 Å². The van der Waals surface area contributed by atoms with Gasteiger partial charge in [-0.1, -0.05) is 55.8 Å². The van der Waals surface area contributed by atoms with Crippen LogP contribution in [0.15, 0.2) is 66.0 Å². The number of rotatable bonds is 11. The van der Waals surface area contributed by atoms with E-state index in [-0.39, 0.29) is 29.3 Å². The van der Waals surface area contributed by atoms with Crippen molar-refractivity contribution in [3.8, 4) is 0 Å². The van der Waals surface area contributed by atoms with Gasteiger partial charge in [-0.15, -0.1) is 0 Å². The number of aromatic nitrogens is 2. The van der Waals surface area contributed by atoms with E-state index in [1.807, 2.05) is 32.0 Å². The molecule has 0 N–H and O–H groups in total. The maximum absolute atomic E-state index is 13.3. The van der Waals surface area contributed by atoms with Crippen LogP contribution >= 0.6 is 11.6 Å². The van der Waals surface area contributed by atoms with Gasteiger partial charge in [-0.25, -0.2) is 13.4 Å². The van der Waals surface area contributed by atoms with Crippen molar-refractivity contribution >= 4 is 27.3 Å². The van der Waals surface area contributed by atoms with E-state index >= 15 is 0 Å². The van der Waals surface area contributed by atoms with Crippen molar-refractivity contribution in [3.05, 3.63) is 82.6 Å². The summed E-state index contributed by atoms with van der Waals surface area (Å²) in [4.78, 5) is 19.1. The normalized spacial score (nSPS) is 11.7. The molecule has 0 unspecified atom stereocenters. The number of carbonyl (C=O) groups excluding carboxylic acids is 1. The third-order valence-electron chi connectivity index (χ3n) is 5.20. The van der Waals surface area contributed by atoms with E-state index in [1.54, 1.807) is 59.2 Å². The molecule has 7 nitrogen and oxygen atoms in total. The molecule has 182 valence electrons. The number of amides is 1. The molecule has 0 saturated heterocycles. The van der Waals surface area contributed by atoms with Crippen molar-refractivity contribution in [2.45, 2.75) is 37.8 Å². The summed E-state index contributed by atoms with van der Waals surface area (Å²) in [6, 6.07) is 15.8. The second-order valence-corrected chi connectivity index (χ2v) is 10.8. The number of methoxy groups -OCH3 is 1. The topological polar surface area (TPSA) is 81.5 Å². The number of nitrogens with zero attached hydrogens (tertiary/aromatic N) is 3. The highest BCUT2D eigenvalue weighted by molar-refractivity contribution is 7.90. The van der Waals surface area contributed by atoms with Gasteiger partial charge in [-0.3, -0.25) is 4.79 Å². The molecule has 0 radical (unpaired) electrons. The Labute approximate surface area is 206 Å². The summed E-state index contributed by atoms with van der Waals surface area (Å²) >= 11 is 6.04. The van der Waals surface area contributed by atoms with Crippen LogP contribution in [0.4, 0.5) is 0 Å². The molecule has 3 rings (SSSR count). The maximum atomic E-state index is 13.3. The molecule has 1 aromatic heterocycles. The molecule has 0 aliphatic heterocycles. The van der Waals surface area contributed by atoms with Gasteiger partial charge in [0.05, 0.1) is 30.8 Å². The van der Waals surface area contributed by atoms with E-state index in [2.05, 4.69) is 4.98 Å². The molecule has 1 heterocycles. The highest BCUT2D eigenvalue weighted by Gasteiger charge is 2.26. The maximum Gasteiger partial charge on any atom is 0.254 e. The zero-order valence-corrected chi connectivity index (χ0v) is 21.2. The van der Waals surface area contributed by atoms with E-state index in [9.17, 15) is 13.2 Å². The van der Waals surface area contributed by atoms with Crippen molar-refractivity contribution < 1.29 is 17.9 Å². The summed E-state index contributed by atoms with van der Waals surface area (Å²) in [5.74, 6) is -0.193. The van der Waals surface area contributed by atoms with Crippen molar-refractivity contribution in [2.75, 3.05) is 20.3 Å². The Hall–Kier alpha value is -2.68. The zero-order chi connectivity index (χ0) is 24.7. The number of hydrogen-bond acceptors (Lipinski definition) is 5. The molecule has 0 saturated carbocycles. The number of ether oxygens (including phenoxy) is 1. The monoisotopic (exact) mass is 503 g/mol. The standard InChI is InChI=1S/C25H30ClN3O4S/c1-19(2)16-29-23(17-28(12-13-33-3)24(30)21-9-5-4-6-10-21)15-27-25(29)34(31,32)18-20-8-7-11-22(26)14-20/h4-11,14-15,19H,12-13,16-18H2,1-3H3. The lowest BCUT2D eigenvalue weighted by Gasteiger charge is -2.24. The fourth-order valence-electron chi connectivity index (χ4n) is 3.65. The van der Waals surface area contributed by atoms with Gasteiger partial charge >= 0.3 is 0 Å². The Morgan fingerprint density at radius 3 is 2.53 bits per heavy atom. The largest absolute Gasteiger partial charge is 0.383 e. The van der Waals surface area contributed by atoms with Crippen molar-refractivity contribution in [1.29, 1.82) is 0 Å². The molecular formula is C25H30ClN3O4S. The highest BCUT2D eigenvalue weighted by Crippen LogP contribution is 2.22. The van der Waals surface area contributed by atoms with Crippen LogP contribution in [0.2, 0.25) is 5.02 Å². The van der Waals surface area contributed by atoms with Crippen LogP contribution in [0.5, 0.6) is 0 Å². The van der Waals surface area contributed by atoms with Crippen LogP contribution in [0, 0.1) is 5.92 Å². The minimum atomic E-state index is -3.75. The second-order valence-electron chi connectivity index (χ2n) is 8.51. The lowest BCUT2D eigenvalue weighted by atomic mass is 10.2. The lowest BCUT2D eigenvalue weighted by Crippen LogP contribution is -2.34. The number of sulfone groups is 1. The molecule has 0 bridgehead atoms. The Morgan fingerprint density at radius 2 is 1.88 bits per heavy atom. The first-order valence-electron chi connectivity index (χ1n) is 11.1. The van der Waals surface area contributed by atoms with Gasteiger partial charge in [0.1, 0.15) is 0 Å². The predicted octanol–water partition coefficient (Wildman–Crippen LogP) is 4.46. The minimum Gasteiger partial charge on any atom is -0.383 e. The summed E-state index contributed by atoms with van der Waals surface area (Å²) in [6.45, 7) is 5.41. The summed E-state index contributed by atoms with van der Waals surface area (Å²) in [6.07, 6.45) is 1.55. The average molecular weight is 504 g/mol. The summed E-state index contributed by atoms with van der Waals surface area (Å²) in [5.41, 5.74) is 1.80. The third kappa shape index (κ3) is 6.68. The van der Waals surface area contributed by atoms with Gasteiger partial charge in [0, 0.05) is 30.8 Å². The van der Waals surface area contributed by atoms with E-state index < -0.39 is 9.84 Å². The van der Waals surface area contributed by atoms with Crippen LogP contribution in [-0.2, 0) is 33.4 Å². The Kier molecular flexibility index (Phi) is 8.88. The zero-order valence-electron chi connectivity index (χ0n) is 19.6. The van der Waals surface area contributed by atoms with Gasteiger partial charge < -0.3 is 14.2 Å². The molecule has 0 fully saturated rings. The summed E-state index contributed by atoms with van der Waals surface area (Å²) < 4.78 is 33.5. The highest BCUT2D eigenvalue weighted by atomic mass is 35.5. The third-order valence-corrected chi connectivity index (χ3v) is 7.03. The first kappa shape index (κ1) is 25.9. The number of benzene rings is 2. The van der Waals surface area contributed by atoms with E-state index in [1.165, 1.54) is 0 Å². The number of hydrogen-bond donors (Lipinski definition) is 0. The second kappa shape index (κ2) is 11.6. The Balaban J connectivity index is 1.94. The molecule has 9 heteroatoms. The molecule has 1 amide bonds. The van der Waals surface area contributed by atoms with Crippen LogP contribution in [0.1, 0.15) is 35.5 Å². The number of imidazole rings is 1. The van der Waals surface area contributed by atoms with Crippen LogP contribution in [0.25, 0.3) is 0 Å². The molecule has 0 atom stereocenters.